The molecule has 2 aromatic rings. The highest BCUT2D eigenvalue weighted by molar-refractivity contribution is 5.91. The van der Waals surface area contributed by atoms with E-state index in [1.807, 2.05) is 19.1 Å². The molecule has 0 spiro atoms. The summed E-state index contributed by atoms with van der Waals surface area (Å²) in [6.07, 6.45) is 3.95. The number of nitrogens with zero attached hydrogens (tertiary/aromatic N) is 2. The molecule has 0 saturated carbocycles. The van der Waals surface area contributed by atoms with Crippen LogP contribution in [-0.2, 0) is 17.8 Å². The summed E-state index contributed by atoms with van der Waals surface area (Å²) in [6, 6.07) is 5.50. The van der Waals surface area contributed by atoms with Crippen LogP contribution in [-0.4, -0.2) is 34.1 Å². The third-order valence-electron chi connectivity index (χ3n) is 4.12. The number of hydrogen-bond donors (Lipinski definition) is 2. The van der Waals surface area contributed by atoms with Crippen LogP contribution in [0.1, 0.15) is 40.7 Å². The third kappa shape index (κ3) is 5.02. The van der Waals surface area contributed by atoms with Crippen molar-refractivity contribution in [1.82, 2.24) is 15.3 Å². The Hall–Kier alpha value is -2.96. The number of benzene rings is 1. The Morgan fingerprint density at radius 2 is 2.04 bits per heavy atom. The summed E-state index contributed by atoms with van der Waals surface area (Å²) < 4.78 is 5.34. The molecule has 7 nitrogen and oxygen atoms in total. The monoisotopic (exact) mass is 357 g/mol. The number of methoxy groups -OCH3 is 1. The van der Waals surface area contributed by atoms with Crippen molar-refractivity contribution in [3.63, 3.8) is 0 Å². The zero-order valence-corrected chi connectivity index (χ0v) is 15.2. The molecule has 1 amide bonds. The van der Waals surface area contributed by atoms with Gasteiger partial charge < -0.3 is 15.2 Å². The zero-order valence-electron chi connectivity index (χ0n) is 15.2. The quantitative estimate of drug-likeness (QED) is 0.752. The molecule has 2 N–H and O–H groups in total. The average Bonchev–Trinajstić information content (AvgIpc) is 2.64. The highest BCUT2D eigenvalue weighted by Crippen LogP contribution is 2.22. The Kier molecular flexibility index (Phi) is 6.66. The fourth-order valence-electron chi connectivity index (χ4n) is 2.56. The molecule has 0 saturated heterocycles. The van der Waals surface area contributed by atoms with Crippen LogP contribution in [0.15, 0.2) is 30.6 Å². The van der Waals surface area contributed by atoms with Gasteiger partial charge in [-0.3, -0.25) is 14.6 Å². The fourth-order valence-corrected chi connectivity index (χ4v) is 2.56. The maximum atomic E-state index is 12.2. The van der Waals surface area contributed by atoms with Crippen molar-refractivity contribution in [3.8, 4) is 5.75 Å². The molecule has 1 unspecified atom stereocenters. The second-order valence-electron chi connectivity index (χ2n) is 6.02. The largest absolute Gasteiger partial charge is 0.496 e. The minimum Gasteiger partial charge on any atom is -0.496 e. The summed E-state index contributed by atoms with van der Waals surface area (Å²) in [5, 5.41) is 12.0. The molecule has 1 aromatic heterocycles. The fraction of sp³-hybridized carbons (Fsp3) is 0.368. The number of amides is 1. The molecule has 2 rings (SSSR count). The normalized spacial score (nSPS) is 11.7. The van der Waals surface area contributed by atoms with Crippen molar-refractivity contribution in [1.29, 1.82) is 0 Å². The second-order valence-corrected chi connectivity index (χ2v) is 6.02. The third-order valence-corrected chi connectivity index (χ3v) is 4.12. The molecular formula is C19H23N3O4. The smallest absolute Gasteiger partial charge is 0.306 e. The van der Waals surface area contributed by atoms with Crippen molar-refractivity contribution >= 4 is 11.9 Å². The number of aliphatic carboxylic acids is 1. The van der Waals surface area contributed by atoms with E-state index in [1.54, 1.807) is 20.1 Å². The van der Waals surface area contributed by atoms with Crippen molar-refractivity contribution in [2.75, 3.05) is 7.11 Å². The Balaban J connectivity index is 2.11. The lowest BCUT2D eigenvalue weighted by atomic mass is 9.95. The first-order chi connectivity index (χ1) is 12.4. The number of aryl methyl sites for hydroxylation is 1. The van der Waals surface area contributed by atoms with E-state index in [0.717, 1.165) is 16.8 Å². The van der Waals surface area contributed by atoms with Gasteiger partial charge in [0.15, 0.2) is 0 Å². The van der Waals surface area contributed by atoms with Gasteiger partial charge in [0.2, 0.25) is 0 Å². The van der Waals surface area contributed by atoms with Gasteiger partial charge in [-0.1, -0.05) is 19.1 Å². The van der Waals surface area contributed by atoms with Crippen LogP contribution in [0.3, 0.4) is 0 Å². The van der Waals surface area contributed by atoms with Crippen LogP contribution in [0.5, 0.6) is 5.75 Å². The summed E-state index contributed by atoms with van der Waals surface area (Å²) in [7, 11) is 1.55. The van der Waals surface area contributed by atoms with Crippen LogP contribution in [0, 0.1) is 12.8 Å². The van der Waals surface area contributed by atoms with Gasteiger partial charge in [0.25, 0.3) is 5.91 Å². The van der Waals surface area contributed by atoms with E-state index in [-0.39, 0.29) is 18.1 Å². The van der Waals surface area contributed by atoms with Crippen LogP contribution in [0.4, 0.5) is 0 Å². The maximum absolute atomic E-state index is 12.2. The lowest BCUT2D eigenvalue weighted by Gasteiger charge is -2.14. The minimum atomic E-state index is -0.809. The molecule has 0 aliphatic carbocycles. The number of rotatable bonds is 8. The van der Waals surface area contributed by atoms with Crippen molar-refractivity contribution in [3.05, 3.63) is 53.1 Å². The minimum absolute atomic E-state index is 0.239. The van der Waals surface area contributed by atoms with Crippen molar-refractivity contribution in [2.45, 2.75) is 33.2 Å². The highest BCUT2D eigenvalue weighted by atomic mass is 16.5. The topological polar surface area (TPSA) is 101 Å². The van der Waals surface area contributed by atoms with Gasteiger partial charge in [-0.05, 0) is 31.4 Å². The van der Waals surface area contributed by atoms with Gasteiger partial charge in [-0.15, -0.1) is 0 Å². The highest BCUT2D eigenvalue weighted by Gasteiger charge is 2.17. The molecule has 7 heteroatoms. The molecule has 1 aromatic carbocycles. The number of carboxylic acids is 1. The van der Waals surface area contributed by atoms with E-state index in [4.69, 9.17) is 4.74 Å². The maximum Gasteiger partial charge on any atom is 0.306 e. The first-order valence-corrected chi connectivity index (χ1v) is 8.40. The van der Waals surface area contributed by atoms with Crippen LogP contribution in [0.25, 0.3) is 0 Å². The van der Waals surface area contributed by atoms with Crippen LogP contribution >= 0.6 is 0 Å². The second kappa shape index (κ2) is 8.94. The number of carboxylic acid groups (broad SMARTS) is 1. The molecule has 0 aliphatic heterocycles. The molecule has 26 heavy (non-hydrogen) atoms. The molecule has 0 fully saturated rings. The molecule has 0 radical (unpaired) electrons. The van der Waals surface area contributed by atoms with E-state index in [2.05, 4.69) is 15.3 Å². The number of ether oxygens (including phenoxy) is 1. The standard InChI is InChI=1S/C19H23N3O4/c1-4-14(19(24)25)7-13-5-6-17(26-3)15(8-13)10-22-18(23)16-11-20-12(2)9-21-16/h5-6,8-9,11,14H,4,7,10H2,1-3H3,(H,22,23)(H,24,25). The zero-order chi connectivity index (χ0) is 19.1. The Bertz CT molecular complexity index is 775. The van der Waals surface area contributed by atoms with E-state index < -0.39 is 11.9 Å². The summed E-state index contributed by atoms with van der Waals surface area (Å²) in [5.41, 5.74) is 2.64. The number of hydrogen-bond acceptors (Lipinski definition) is 5. The van der Waals surface area contributed by atoms with Gasteiger partial charge in [0.05, 0.1) is 24.9 Å². The first-order valence-electron chi connectivity index (χ1n) is 8.40. The number of carbonyl (C=O) groups is 2. The summed E-state index contributed by atoms with van der Waals surface area (Å²) in [4.78, 5) is 31.5. The average molecular weight is 357 g/mol. The number of carbonyl (C=O) groups excluding carboxylic acids is 1. The van der Waals surface area contributed by atoms with E-state index in [0.29, 0.717) is 18.6 Å². The van der Waals surface area contributed by atoms with Gasteiger partial charge in [0, 0.05) is 18.3 Å². The van der Waals surface area contributed by atoms with E-state index >= 15 is 0 Å². The summed E-state index contributed by atoms with van der Waals surface area (Å²) in [6.45, 7) is 3.90. The van der Waals surface area contributed by atoms with E-state index in [1.165, 1.54) is 12.4 Å². The Morgan fingerprint density at radius 3 is 2.62 bits per heavy atom. The molecular weight excluding hydrogens is 334 g/mol. The van der Waals surface area contributed by atoms with Gasteiger partial charge in [-0.2, -0.15) is 0 Å². The molecule has 0 aliphatic rings. The van der Waals surface area contributed by atoms with Gasteiger partial charge in [-0.25, -0.2) is 4.98 Å². The summed E-state index contributed by atoms with van der Waals surface area (Å²) in [5.74, 6) is -0.945. The van der Waals surface area contributed by atoms with E-state index in [9.17, 15) is 14.7 Å². The van der Waals surface area contributed by atoms with Crippen LogP contribution in [0.2, 0.25) is 0 Å². The molecule has 138 valence electrons. The number of nitrogens with one attached hydrogen (secondary N) is 1. The van der Waals surface area contributed by atoms with Crippen molar-refractivity contribution < 1.29 is 19.4 Å². The Labute approximate surface area is 152 Å². The SMILES string of the molecule is CCC(Cc1ccc(OC)c(CNC(=O)c2cnc(C)cn2)c1)C(=O)O. The molecule has 1 heterocycles. The lowest BCUT2D eigenvalue weighted by Crippen LogP contribution is -2.24. The van der Waals surface area contributed by atoms with Crippen molar-refractivity contribution in [2.24, 2.45) is 5.92 Å². The number of aromatic nitrogens is 2. The first kappa shape index (κ1) is 19.4. The van der Waals surface area contributed by atoms with Gasteiger partial charge >= 0.3 is 5.97 Å². The molecule has 1 atom stereocenters. The summed E-state index contributed by atoms with van der Waals surface area (Å²) >= 11 is 0. The van der Waals surface area contributed by atoms with Gasteiger partial charge in [0.1, 0.15) is 11.4 Å². The molecule has 0 bridgehead atoms. The Morgan fingerprint density at radius 1 is 1.27 bits per heavy atom. The predicted octanol–water partition coefficient (Wildman–Crippen LogP) is 2.38. The van der Waals surface area contributed by atoms with Crippen LogP contribution < -0.4 is 10.1 Å². The predicted molar refractivity (Wildman–Crippen MR) is 96.1 cm³/mol. The lowest BCUT2D eigenvalue weighted by molar-refractivity contribution is -0.141.